The van der Waals surface area contributed by atoms with Gasteiger partial charge in [0.25, 0.3) is 0 Å². The molecule has 0 radical (unpaired) electrons. The summed E-state index contributed by atoms with van der Waals surface area (Å²) in [5.41, 5.74) is 2.37. The lowest BCUT2D eigenvalue weighted by Gasteiger charge is -2.07. The van der Waals surface area contributed by atoms with Gasteiger partial charge < -0.3 is 9.47 Å². The Bertz CT molecular complexity index is 891. The summed E-state index contributed by atoms with van der Waals surface area (Å²) in [6, 6.07) is 18.7. The van der Waals surface area contributed by atoms with Gasteiger partial charge in [-0.2, -0.15) is 4.37 Å². The van der Waals surface area contributed by atoms with E-state index in [-0.39, 0.29) is 23.7 Å². The number of aromatic nitrogens is 1. The van der Waals surface area contributed by atoms with Crippen molar-refractivity contribution in [1.29, 1.82) is 0 Å². The standard InChI is InChI=1S/C20H17NO4S/c1-14-17(19(22)24-12-15-8-4-2-5-9-15)18(26-21-14)20(23)25-13-16-10-6-3-7-11-16/h2-11H,12-13H2,1H3. The van der Waals surface area contributed by atoms with Gasteiger partial charge in [-0.15, -0.1) is 0 Å². The van der Waals surface area contributed by atoms with Crippen LogP contribution in [0.25, 0.3) is 0 Å². The van der Waals surface area contributed by atoms with E-state index in [1.807, 2.05) is 60.7 Å². The third kappa shape index (κ3) is 4.34. The van der Waals surface area contributed by atoms with Gasteiger partial charge in [0.15, 0.2) is 0 Å². The number of carbonyl (C=O) groups excluding carboxylic acids is 2. The predicted molar refractivity (Wildman–Crippen MR) is 98.0 cm³/mol. The highest BCUT2D eigenvalue weighted by Crippen LogP contribution is 2.22. The maximum atomic E-state index is 12.4. The lowest BCUT2D eigenvalue weighted by atomic mass is 10.2. The van der Waals surface area contributed by atoms with E-state index in [0.717, 1.165) is 22.7 Å². The first-order valence-electron chi connectivity index (χ1n) is 8.03. The molecule has 0 unspecified atom stereocenters. The maximum absolute atomic E-state index is 12.4. The molecule has 0 aliphatic rings. The second kappa shape index (κ2) is 8.40. The number of hydrogen-bond donors (Lipinski definition) is 0. The van der Waals surface area contributed by atoms with E-state index in [9.17, 15) is 9.59 Å². The number of carbonyl (C=O) groups is 2. The van der Waals surface area contributed by atoms with E-state index in [1.54, 1.807) is 6.92 Å². The van der Waals surface area contributed by atoms with Crippen LogP contribution in [0, 0.1) is 6.92 Å². The minimum atomic E-state index is -0.578. The van der Waals surface area contributed by atoms with Crippen LogP contribution in [0.15, 0.2) is 60.7 Å². The Morgan fingerprint density at radius 1 is 0.846 bits per heavy atom. The highest BCUT2D eigenvalue weighted by Gasteiger charge is 2.25. The lowest BCUT2D eigenvalue weighted by Crippen LogP contribution is -2.12. The molecule has 0 aliphatic heterocycles. The van der Waals surface area contributed by atoms with Crippen molar-refractivity contribution in [2.75, 3.05) is 0 Å². The number of esters is 2. The van der Waals surface area contributed by atoms with Crippen LogP contribution in [0.5, 0.6) is 0 Å². The minimum Gasteiger partial charge on any atom is -0.457 e. The van der Waals surface area contributed by atoms with Crippen LogP contribution in [-0.4, -0.2) is 16.3 Å². The average molecular weight is 367 g/mol. The Morgan fingerprint density at radius 3 is 1.88 bits per heavy atom. The number of rotatable bonds is 6. The summed E-state index contributed by atoms with van der Waals surface area (Å²) in [6.45, 7) is 1.94. The fraction of sp³-hybridized carbons (Fsp3) is 0.150. The summed E-state index contributed by atoms with van der Waals surface area (Å²) in [5, 5.41) is 0. The van der Waals surface area contributed by atoms with Gasteiger partial charge in [0.1, 0.15) is 23.7 Å². The number of ether oxygens (including phenoxy) is 2. The van der Waals surface area contributed by atoms with Crippen LogP contribution in [0.3, 0.4) is 0 Å². The van der Waals surface area contributed by atoms with Gasteiger partial charge in [0.05, 0.1) is 5.69 Å². The zero-order valence-electron chi connectivity index (χ0n) is 14.2. The Morgan fingerprint density at radius 2 is 1.35 bits per heavy atom. The molecule has 132 valence electrons. The molecule has 2 aromatic carbocycles. The SMILES string of the molecule is Cc1nsc(C(=O)OCc2ccccc2)c1C(=O)OCc1ccccc1. The summed E-state index contributed by atoms with van der Waals surface area (Å²) in [5.74, 6) is -1.15. The van der Waals surface area contributed by atoms with Crippen molar-refractivity contribution in [1.82, 2.24) is 4.37 Å². The Kier molecular flexibility index (Phi) is 5.76. The van der Waals surface area contributed by atoms with Crippen molar-refractivity contribution in [3.8, 4) is 0 Å². The lowest BCUT2D eigenvalue weighted by molar-refractivity contribution is 0.0429. The molecule has 0 bridgehead atoms. The normalized spacial score (nSPS) is 10.3. The zero-order valence-corrected chi connectivity index (χ0v) is 15.0. The largest absolute Gasteiger partial charge is 0.457 e. The highest BCUT2D eigenvalue weighted by atomic mass is 32.1. The van der Waals surface area contributed by atoms with Crippen LogP contribution in [0.1, 0.15) is 36.9 Å². The molecule has 5 nitrogen and oxygen atoms in total. The zero-order chi connectivity index (χ0) is 18.4. The molecule has 0 N–H and O–H groups in total. The molecule has 6 heteroatoms. The summed E-state index contributed by atoms with van der Waals surface area (Å²) in [6.07, 6.45) is 0. The van der Waals surface area contributed by atoms with E-state index in [1.165, 1.54) is 0 Å². The molecule has 0 aliphatic carbocycles. The Hall–Kier alpha value is -2.99. The van der Waals surface area contributed by atoms with Crippen LogP contribution in [0.4, 0.5) is 0 Å². The summed E-state index contributed by atoms with van der Waals surface area (Å²) < 4.78 is 14.7. The molecule has 3 aromatic rings. The fourth-order valence-corrected chi connectivity index (χ4v) is 3.11. The second-order valence-electron chi connectivity index (χ2n) is 5.60. The monoisotopic (exact) mass is 367 g/mol. The molecular formula is C20H17NO4S. The molecule has 3 rings (SSSR count). The summed E-state index contributed by atoms with van der Waals surface area (Å²) in [7, 11) is 0. The molecule has 1 heterocycles. The molecule has 0 spiro atoms. The van der Waals surface area contributed by atoms with Gasteiger partial charge in [0, 0.05) is 0 Å². The predicted octanol–water partition coefficient (Wildman–Crippen LogP) is 4.17. The molecule has 0 saturated heterocycles. The summed E-state index contributed by atoms with van der Waals surface area (Å²) >= 11 is 0.944. The first-order chi connectivity index (χ1) is 12.6. The van der Waals surface area contributed by atoms with Crippen LogP contribution in [-0.2, 0) is 22.7 Å². The molecule has 1 aromatic heterocycles. The molecule has 26 heavy (non-hydrogen) atoms. The van der Waals surface area contributed by atoms with E-state index < -0.39 is 11.9 Å². The number of aryl methyl sites for hydroxylation is 1. The molecule has 0 saturated carbocycles. The van der Waals surface area contributed by atoms with Crippen molar-refractivity contribution in [3.05, 3.63) is 87.9 Å². The van der Waals surface area contributed by atoms with E-state index in [0.29, 0.717) is 5.69 Å². The quantitative estimate of drug-likeness (QED) is 0.612. The molecule has 0 atom stereocenters. The number of nitrogens with zero attached hydrogens (tertiary/aromatic N) is 1. The van der Waals surface area contributed by atoms with E-state index in [2.05, 4.69) is 4.37 Å². The van der Waals surface area contributed by atoms with Gasteiger partial charge in [-0.05, 0) is 29.6 Å². The van der Waals surface area contributed by atoms with Gasteiger partial charge in [-0.1, -0.05) is 60.7 Å². The van der Waals surface area contributed by atoms with Gasteiger partial charge in [0.2, 0.25) is 0 Å². The van der Waals surface area contributed by atoms with Crippen molar-refractivity contribution < 1.29 is 19.1 Å². The highest BCUT2D eigenvalue weighted by molar-refractivity contribution is 7.08. The third-order valence-corrected chi connectivity index (χ3v) is 4.60. The molecule has 0 fully saturated rings. The number of hydrogen-bond acceptors (Lipinski definition) is 6. The summed E-state index contributed by atoms with van der Waals surface area (Å²) in [4.78, 5) is 25.0. The fourth-order valence-electron chi connectivity index (χ4n) is 2.33. The second-order valence-corrected chi connectivity index (χ2v) is 6.37. The third-order valence-electron chi connectivity index (χ3n) is 3.68. The van der Waals surface area contributed by atoms with Gasteiger partial charge >= 0.3 is 11.9 Å². The molecule has 0 amide bonds. The van der Waals surface area contributed by atoms with Crippen molar-refractivity contribution in [2.45, 2.75) is 20.1 Å². The first kappa shape index (κ1) is 17.8. The number of benzene rings is 2. The first-order valence-corrected chi connectivity index (χ1v) is 8.81. The van der Waals surface area contributed by atoms with Gasteiger partial charge in [-0.25, -0.2) is 9.59 Å². The molecular weight excluding hydrogens is 350 g/mol. The van der Waals surface area contributed by atoms with Crippen LogP contribution in [0.2, 0.25) is 0 Å². The Labute approximate surface area is 155 Å². The van der Waals surface area contributed by atoms with Gasteiger partial charge in [-0.3, -0.25) is 0 Å². The smallest absolute Gasteiger partial charge is 0.351 e. The maximum Gasteiger partial charge on any atom is 0.351 e. The Balaban J connectivity index is 1.67. The van der Waals surface area contributed by atoms with Crippen LogP contribution >= 0.6 is 11.5 Å². The van der Waals surface area contributed by atoms with Crippen molar-refractivity contribution in [2.24, 2.45) is 0 Å². The minimum absolute atomic E-state index is 0.132. The van der Waals surface area contributed by atoms with E-state index in [4.69, 9.17) is 9.47 Å². The van der Waals surface area contributed by atoms with Crippen LogP contribution < -0.4 is 0 Å². The van der Waals surface area contributed by atoms with Crippen molar-refractivity contribution >= 4 is 23.5 Å². The van der Waals surface area contributed by atoms with Crippen molar-refractivity contribution in [3.63, 3.8) is 0 Å². The van der Waals surface area contributed by atoms with E-state index >= 15 is 0 Å². The average Bonchev–Trinajstić information content (AvgIpc) is 3.07. The topological polar surface area (TPSA) is 65.5 Å².